The SMILES string of the molecule is Cc1ncsc1-c1ccc(CCC(=O)[C@@H]2C[C@@H](O)CN2C(=O)[C@@H](c2ncccn2)C(C)C)cc1. The standard InChI is InChI=1S/C26H30N4O3S/c1-16(2)23(25-27-11-4-12-28-25)26(33)30-14-20(31)13-21(30)22(32)10-7-18-5-8-19(9-6-18)24-17(3)29-15-34-24/h4-6,8-9,11-12,15-16,20-21,23,31H,7,10,13-14H2,1-3H3/t20-,21+,23-/m1/s1. The second-order valence-corrected chi connectivity index (χ2v) is 10.0. The summed E-state index contributed by atoms with van der Waals surface area (Å²) in [5.41, 5.74) is 5.04. The molecule has 1 aliphatic rings. The number of hydrogen-bond donors (Lipinski definition) is 1. The number of thiazole rings is 1. The number of aliphatic hydroxyl groups is 1. The molecular weight excluding hydrogens is 448 g/mol. The number of benzene rings is 1. The second-order valence-electron chi connectivity index (χ2n) is 9.15. The van der Waals surface area contributed by atoms with Gasteiger partial charge in [-0.3, -0.25) is 9.59 Å². The van der Waals surface area contributed by atoms with Crippen LogP contribution in [0.3, 0.4) is 0 Å². The molecule has 178 valence electrons. The number of Topliss-reactive ketones (excluding diaryl/α,β-unsaturated/α-hetero) is 1. The minimum atomic E-state index is -0.704. The Balaban J connectivity index is 1.43. The van der Waals surface area contributed by atoms with Crippen LogP contribution in [0, 0.1) is 12.8 Å². The number of carbonyl (C=O) groups excluding carboxylic acids is 2. The smallest absolute Gasteiger partial charge is 0.234 e. The summed E-state index contributed by atoms with van der Waals surface area (Å²) in [4.78, 5) is 42.2. The topological polar surface area (TPSA) is 96.3 Å². The molecule has 0 radical (unpaired) electrons. The summed E-state index contributed by atoms with van der Waals surface area (Å²) < 4.78 is 0. The summed E-state index contributed by atoms with van der Waals surface area (Å²) in [6.07, 6.45) is 3.71. The molecule has 8 heteroatoms. The van der Waals surface area contributed by atoms with Crippen LogP contribution in [0.5, 0.6) is 0 Å². The zero-order chi connectivity index (χ0) is 24.2. The molecule has 0 spiro atoms. The predicted octanol–water partition coefficient (Wildman–Crippen LogP) is 3.81. The fraction of sp³-hybridized carbons (Fsp3) is 0.423. The largest absolute Gasteiger partial charge is 0.391 e. The lowest BCUT2D eigenvalue weighted by molar-refractivity contribution is -0.140. The van der Waals surface area contributed by atoms with Gasteiger partial charge in [-0.1, -0.05) is 38.1 Å². The normalized spacial score (nSPS) is 18.9. The Kier molecular flexibility index (Phi) is 7.48. The number of aliphatic hydroxyl groups excluding tert-OH is 1. The first-order chi connectivity index (χ1) is 16.3. The maximum atomic E-state index is 13.5. The van der Waals surface area contributed by atoms with Gasteiger partial charge in [0.1, 0.15) is 11.7 Å². The van der Waals surface area contributed by atoms with E-state index >= 15 is 0 Å². The van der Waals surface area contributed by atoms with Crippen molar-refractivity contribution in [2.75, 3.05) is 6.54 Å². The van der Waals surface area contributed by atoms with E-state index in [9.17, 15) is 14.7 Å². The molecule has 7 nitrogen and oxygen atoms in total. The molecule has 0 bridgehead atoms. The van der Waals surface area contributed by atoms with Crippen LogP contribution in [0.4, 0.5) is 0 Å². The molecular formula is C26H30N4O3S. The minimum Gasteiger partial charge on any atom is -0.391 e. The van der Waals surface area contributed by atoms with Gasteiger partial charge in [0.25, 0.3) is 0 Å². The molecule has 4 rings (SSSR count). The van der Waals surface area contributed by atoms with Crippen molar-refractivity contribution in [2.45, 2.75) is 58.1 Å². The first-order valence-electron chi connectivity index (χ1n) is 11.6. The van der Waals surface area contributed by atoms with E-state index in [0.717, 1.165) is 21.7 Å². The first-order valence-corrected chi connectivity index (χ1v) is 12.5. The van der Waals surface area contributed by atoms with Gasteiger partial charge >= 0.3 is 0 Å². The highest BCUT2D eigenvalue weighted by Crippen LogP contribution is 2.30. The monoisotopic (exact) mass is 478 g/mol. The molecule has 1 saturated heterocycles. The van der Waals surface area contributed by atoms with Gasteiger partial charge in [0, 0.05) is 31.8 Å². The van der Waals surface area contributed by atoms with Crippen LogP contribution in [0.1, 0.15) is 49.7 Å². The van der Waals surface area contributed by atoms with Crippen molar-refractivity contribution in [3.8, 4) is 10.4 Å². The number of nitrogens with zero attached hydrogens (tertiary/aromatic N) is 4. The van der Waals surface area contributed by atoms with Crippen molar-refractivity contribution < 1.29 is 14.7 Å². The summed E-state index contributed by atoms with van der Waals surface area (Å²) in [6, 6.07) is 9.28. The van der Waals surface area contributed by atoms with Gasteiger partial charge in [-0.2, -0.15) is 0 Å². The van der Waals surface area contributed by atoms with Gasteiger partial charge in [0.15, 0.2) is 5.78 Å². The average molecular weight is 479 g/mol. The van der Waals surface area contributed by atoms with Crippen molar-refractivity contribution in [2.24, 2.45) is 5.92 Å². The Hall–Kier alpha value is -2.97. The Morgan fingerprint density at radius 1 is 1.15 bits per heavy atom. The molecule has 0 unspecified atom stereocenters. The van der Waals surface area contributed by atoms with Crippen molar-refractivity contribution in [1.29, 1.82) is 0 Å². The summed E-state index contributed by atoms with van der Waals surface area (Å²) >= 11 is 1.61. The molecule has 1 fully saturated rings. The van der Waals surface area contributed by atoms with E-state index in [2.05, 4.69) is 27.1 Å². The average Bonchev–Trinajstić information content (AvgIpc) is 3.44. The molecule has 1 amide bonds. The fourth-order valence-corrected chi connectivity index (χ4v) is 5.35. The molecule has 3 heterocycles. The van der Waals surface area contributed by atoms with Crippen molar-refractivity contribution in [1.82, 2.24) is 19.9 Å². The van der Waals surface area contributed by atoms with Gasteiger partial charge in [0.2, 0.25) is 5.91 Å². The number of hydrogen-bond acceptors (Lipinski definition) is 7. The van der Waals surface area contributed by atoms with Gasteiger partial charge < -0.3 is 10.0 Å². The van der Waals surface area contributed by atoms with E-state index in [-0.39, 0.29) is 30.6 Å². The fourth-order valence-electron chi connectivity index (χ4n) is 4.54. The van der Waals surface area contributed by atoms with E-state index in [1.54, 1.807) is 34.7 Å². The molecule has 34 heavy (non-hydrogen) atoms. The lowest BCUT2D eigenvalue weighted by atomic mass is 9.92. The zero-order valence-electron chi connectivity index (χ0n) is 19.7. The van der Waals surface area contributed by atoms with E-state index in [4.69, 9.17) is 0 Å². The predicted molar refractivity (Wildman–Crippen MR) is 131 cm³/mol. The molecule has 3 atom stereocenters. The van der Waals surface area contributed by atoms with Crippen molar-refractivity contribution >= 4 is 23.0 Å². The minimum absolute atomic E-state index is 0.0243. The van der Waals surface area contributed by atoms with Crippen LogP contribution in [-0.2, 0) is 16.0 Å². The number of β-amino-alcohol motifs (C(OH)–C–C–N with tert-alkyl or cyclic N) is 1. The highest BCUT2D eigenvalue weighted by Gasteiger charge is 2.42. The lowest BCUT2D eigenvalue weighted by Gasteiger charge is -2.29. The Morgan fingerprint density at radius 3 is 2.47 bits per heavy atom. The molecule has 0 aliphatic carbocycles. The Morgan fingerprint density at radius 2 is 1.85 bits per heavy atom. The second kappa shape index (κ2) is 10.5. The van der Waals surface area contributed by atoms with Crippen molar-refractivity contribution in [3.05, 3.63) is 65.3 Å². The van der Waals surface area contributed by atoms with Gasteiger partial charge in [-0.05, 0) is 36.5 Å². The maximum absolute atomic E-state index is 13.5. The van der Waals surface area contributed by atoms with Crippen LogP contribution in [0.2, 0.25) is 0 Å². The van der Waals surface area contributed by atoms with Crippen LogP contribution >= 0.6 is 11.3 Å². The van der Waals surface area contributed by atoms with Crippen LogP contribution < -0.4 is 0 Å². The highest BCUT2D eigenvalue weighted by molar-refractivity contribution is 7.13. The van der Waals surface area contributed by atoms with Crippen LogP contribution in [-0.4, -0.2) is 55.3 Å². The summed E-state index contributed by atoms with van der Waals surface area (Å²) in [7, 11) is 0. The van der Waals surface area contributed by atoms with E-state index in [1.165, 1.54) is 0 Å². The van der Waals surface area contributed by atoms with Crippen LogP contribution in [0.15, 0.2) is 48.2 Å². The summed E-state index contributed by atoms with van der Waals surface area (Å²) in [5, 5.41) is 10.3. The van der Waals surface area contributed by atoms with E-state index < -0.39 is 18.1 Å². The number of carbonyl (C=O) groups is 2. The number of rotatable bonds is 8. The van der Waals surface area contributed by atoms with Gasteiger partial charge in [-0.25, -0.2) is 15.0 Å². The van der Waals surface area contributed by atoms with Crippen molar-refractivity contribution in [3.63, 3.8) is 0 Å². The molecule has 3 aromatic rings. The Labute approximate surface area is 203 Å². The lowest BCUT2D eigenvalue weighted by Crippen LogP contribution is -2.44. The Bertz CT molecular complexity index is 1130. The molecule has 1 aromatic carbocycles. The number of aryl methyl sites for hydroxylation is 2. The van der Waals surface area contributed by atoms with E-state index in [0.29, 0.717) is 18.7 Å². The highest BCUT2D eigenvalue weighted by atomic mass is 32.1. The molecule has 2 aromatic heterocycles. The molecule has 1 aliphatic heterocycles. The van der Waals surface area contributed by atoms with E-state index in [1.807, 2.05) is 38.4 Å². The van der Waals surface area contributed by atoms with Crippen LogP contribution in [0.25, 0.3) is 10.4 Å². The number of likely N-dealkylation sites (tertiary alicyclic amines) is 1. The third-order valence-corrected chi connectivity index (χ3v) is 7.33. The van der Waals surface area contributed by atoms with Gasteiger partial charge in [-0.15, -0.1) is 11.3 Å². The quantitative estimate of drug-likeness (QED) is 0.529. The number of amides is 1. The first kappa shape index (κ1) is 24.2. The number of ketones is 1. The third kappa shape index (κ3) is 5.23. The van der Waals surface area contributed by atoms with Gasteiger partial charge in [0.05, 0.1) is 28.2 Å². The maximum Gasteiger partial charge on any atom is 0.234 e. The summed E-state index contributed by atoms with van der Waals surface area (Å²) in [6.45, 7) is 6.04. The third-order valence-electron chi connectivity index (χ3n) is 6.35. The molecule has 1 N–H and O–H groups in total. The molecule has 0 saturated carbocycles. The zero-order valence-corrected chi connectivity index (χ0v) is 20.5. The number of aromatic nitrogens is 3. The summed E-state index contributed by atoms with van der Waals surface area (Å²) in [5.74, 6) is -0.357.